The molecule has 0 aromatic heterocycles. The summed E-state index contributed by atoms with van der Waals surface area (Å²) in [7, 11) is 1.31. The topological polar surface area (TPSA) is 44.8 Å². The zero-order valence-electron chi connectivity index (χ0n) is 10.8. The van der Waals surface area contributed by atoms with Gasteiger partial charge >= 0.3 is 5.97 Å². The molecule has 0 atom stereocenters. The van der Waals surface area contributed by atoms with Gasteiger partial charge in [0.15, 0.2) is 6.61 Å². The first-order valence-electron chi connectivity index (χ1n) is 5.91. The van der Waals surface area contributed by atoms with Crippen LogP contribution in [0.3, 0.4) is 0 Å². The molecule has 0 aliphatic heterocycles. The van der Waals surface area contributed by atoms with E-state index in [-0.39, 0.29) is 6.61 Å². The van der Waals surface area contributed by atoms with Crippen molar-refractivity contribution >= 4 is 17.6 Å². The Labute approximate surface area is 121 Å². The number of carbonyl (C=O) groups excluding carboxylic acids is 1. The van der Waals surface area contributed by atoms with Gasteiger partial charge in [0.1, 0.15) is 17.2 Å². The Kier molecular flexibility index (Phi) is 4.85. The molecule has 2 aromatic rings. The standard InChI is InChI=1S/C15H13ClO4/c1-18-15(17)10-19-11-6-8-12(9-7-11)20-14-5-3-2-4-13(14)16/h2-9H,10H2,1H3. The molecule has 0 fully saturated rings. The Bertz CT molecular complexity index is 581. The van der Waals surface area contributed by atoms with Gasteiger partial charge in [-0.1, -0.05) is 23.7 Å². The molecule has 0 amide bonds. The molecule has 0 bridgehead atoms. The number of para-hydroxylation sites is 1. The molecule has 104 valence electrons. The van der Waals surface area contributed by atoms with Crippen molar-refractivity contribution in [2.24, 2.45) is 0 Å². The zero-order chi connectivity index (χ0) is 14.4. The van der Waals surface area contributed by atoms with Crippen LogP contribution in [0, 0.1) is 0 Å². The molecule has 2 aromatic carbocycles. The molecule has 20 heavy (non-hydrogen) atoms. The van der Waals surface area contributed by atoms with Crippen LogP contribution in [0.1, 0.15) is 0 Å². The number of hydrogen-bond donors (Lipinski definition) is 0. The van der Waals surface area contributed by atoms with Gasteiger partial charge in [-0.05, 0) is 36.4 Å². The monoisotopic (exact) mass is 292 g/mol. The maximum Gasteiger partial charge on any atom is 0.343 e. The summed E-state index contributed by atoms with van der Waals surface area (Å²) in [4.78, 5) is 10.9. The lowest BCUT2D eigenvalue weighted by molar-refractivity contribution is -0.142. The largest absolute Gasteiger partial charge is 0.482 e. The second-order valence-corrected chi connectivity index (χ2v) is 4.28. The van der Waals surface area contributed by atoms with Crippen LogP contribution in [-0.4, -0.2) is 19.7 Å². The van der Waals surface area contributed by atoms with Crippen molar-refractivity contribution in [2.45, 2.75) is 0 Å². The predicted octanol–water partition coefficient (Wildman–Crippen LogP) is 3.68. The van der Waals surface area contributed by atoms with E-state index in [1.54, 1.807) is 36.4 Å². The number of esters is 1. The lowest BCUT2D eigenvalue weighted by Crippen LogP contribution is -2.12. The summed E-state index contributed by atoms with van der Waals surface area (Å²) in [5, 5.41) is 0.540. The molecule has 0 spiro atoms. The summed E-state index contributed by atoms with van der Waals surface area (Å²) in [5.74, 6) is 1.34. The van der Waals surface area contributed by atoms with Crippen molar-refractivity contribution in [2.75, 3.05) is 13.7 Å². The van der Waals surface area contributed by atoms with Crippen molar-refractivity contribution in [1.82, 2.24) is 0 Å². The summed E-state index contributed by atoms with van der Waals surface area (Å²) in [6.07, 6.45) is 0. The molecule has 2 rings (SSSR count). The third-order valence-electron chi connectivity index (χ3n) is 2.47. The minimum Gasteiger partial charge on any atom is -0.482 e. The maximum absolute atomic E-state index is 10.9. The van der Waals surface area contributed by atoms with E-state index in [9.17, 15) is 4.79 Å². The van der Waals surface area contributed by atoms with Crippen LogP contribution in [0.5, 0.6) is 17.2 Å². The number of rotatable bonds is 5. The molecule has 0 aliphatic carbocycles. The third-order valence-corrected chi connectivity index (χ3v) is 2.78. The number of ether oxygens (including phenoxy) is 3. The summed E-state index contributed by atoms with van der Waals surface area (Å²) in [6, 6.07) is 14.1. The Morgan fingerprint density at radius 3 is 2.35 bits per heavy atom. The van der Waals surface area contributed by atoms with E-state index in [4.69, 9.17) is 21.1 Å². The molecule has 0 saturated carbocycles. The van der Waals surface area contributed by atoms with Crippen molar-refractivity contribution in [1.29, 1.82) is 0 Å². The highest BCUT2D eigenvalue weighted by atomic mass is 35.5. The number of methoxy groups -OCH3 is 1. The molecule has 0 unspecified atom stereocenters. The molecule has 0 heterocycles. The van der Waals surface area contributed by atoms with E-state index in [1.165, 1.54) is 7.11 Å². The highest BCUT2D eigenvalue weighted by Crippen LogP contribution is 2.29. The average molecular weight is 293 g/mol. The molecule has 0 saturated heterocycles. The van der Waals surface area contributed by atoms with Gasteiger partial charge in [-0.3, -0.25) is 0 Å². The van der Waals surface area contributed by atoms with E-state index < -0.39 is 5.97 Å². The van der Waals surface area contributed by atoms with Crippen LogP contribution in [0.4, 0.5) is 0 Å². The fraction of sp³-hybridized carbons (Fsp3) is 0.133. The van der Waals surface area contributed by atoms with Crippen molar-refractivity contribution < 1.29 is 19.0 Å². The van der Waals surface area contributed by atoms with Crippen LogP contribution in [-0.2, 0) is 9.53 Å². The van der Waals surface area contributed by atoms with Gasteiger partial charge in [-0.25, -0.2) is 4.79 Å². The molecule has 0 N–H and O–H groups in total. The normalized spacial score (nSPS) is 9.90. The Hall–Kier alpha value is -2.20. The van der Waals surface area contributed by atoms with E-state index in [2.05, 4.69) is 4.74 Å². The van der Waals surface area contributed by atoms with E-state index in [0.717, 1.165) is 0 Å². The van der Waals surface area contributed by atoms with Gasteiger partial charge in [0, 0.05) is 0 Å². The summed E-state index contributed by atoms with van der Waals surface area (Å²) in [5.41, 5.74) is 0. The smallest absolute Gasteiger partial charge is 0.343 e. The van der Waals surface area contributed by atoms with Gasteiger partial charge in [-0.2, -0.15) is 0 Å². The Morgan fingerprint density at radius 2 is 1.70 bits per heavy atom. The second kappa shape index (κ2) is 6.82. The highest BCUT2D eigenvalue weighted by Gasteiger charge is 2.04. The van der Waals surface area contributed by atoms with Gasteiger partial charge < -0.3 is 14.2 Å². The van der Waals surface area contributed by atoms with Gasteiger partial charge in [0.05, 0.1) is 12.1 Å². The molecule has 0 aliphatic rings. The predicted molar refractivity (Wildman–Crippen MR) is 75.5 cm³/mol. The lowest BCUT2D eigenvalue weighted by Gasteiger charge is -2.08. The average Bonchev–Trinajstić information content (AvgIpc) is 2.48. The number of hydrogen-bond acceptors (Lipinski definition) is 4. The zero-order valence-corrected chi connectivity index (χ0v) is 11.6. The number of halogens is 1. The first-order valence-corrected chi connectivity index (χ1v) is 6.29. The number of benzene rings is 2. The molecule has 5 heteroatoms. The maximum atomic E-state index is 10.9. The molecule has 4 nitrogen and oxygen atoms in total. The molecular formula is C15H13ClO4. The minimum absolute atomic E-state index is 0.124. The van der Waals surface area contributed by atoms with Crippen molar-refractivity contribution in [3.63, 3.8) is 0 Å². The summed E-state index contributed by atoms with van der Waals surface area (Å²) >= 11 is 6.00. The minimum atomic E-state index is -0.429. The van der Waals surface area contributed by atoms with Crippen LogP contribution < -0.4 is 9.47 Å². The van der Waals surface area contributed by atoms with E-state index in [0.29, 0.717) is 22.3 Å². The van der Waals surface area contributed by atoms with Crippen LogP contribution in [0.2, 0.25) is 5.02 Å². The second-order valence-electron chi connectivity index (χ2n) is 3.87. The summed E-state index contributed by atoms with van der Waals surface area (Å²) < 4.78 is 15.3. The van der Waals surface area contributed by atoms with Gasteiger partial charge in [0.25, 0.3) is 0 Å². The van der Waals surface area contributed by atoms with Crippen molar-refractivity contribution in [3.8, 4) is 17.2 Å². The van der Waals surface area contributed by atoms with Gasteiger partial charge in [-0.15, -0.1) is 0 Å². The first kappa shape index (κ1) is 14.2. The SMILES string of the molecule is COC(=O)COc1ccc(Oc2ccccc2Cl)cc1. The van der Waals surface area contributed by atoms with Crippen LogP contribution >= 0.6 is 11.6 Å². The number of carbonyl (C=O) groups is 1. The fourth-order valence-corrected chi connectivity index (χ4v) is 1.63. The fourth-order valence-electron chi connectivity index (χ4n) is 1.46. The van der Waals surface area contributed by atoms with Crippen LogP contribution in [0.15, 0.2) is 48.5 Å². The lowest BCUT2D eigenvalue weighted by atomic mass is 10.3. The van der Waals surface area contributed by atoms with Gasteiger partial charge in [0.2, 0.25) is 0 Å². The first-order chi connectivity index (χ1) is 9.69. The molecule has 0 radical (unpaired) electrons. The Morgan fingerprint density at radius 1 is 1.05 bits per heavy atom. The summed E-state index contributed by atoms with van der Waals surface area (Å²) in [6.45, 7) is -0.124. The van der Waals surface area contributed by atoms with E-state index in [1.807, 2.05) is 12.1 Å². The van der Waals surface area contributed by atoms with E-state index >= 15 is 0 Å². The highest BCUT2D eigenvalue weighted by molar-refractivity contribution is 6.32. The third kappa shape index (κ3) is 3.90. The Balaban J connectivity index is 1.98. The quantitative estimate of drug-likeness (QED) is 0.789. The van der Waals surface area contributed by atoms with Crippen LogP contribution in [0.25, 0.3) is 0 Å². The van der Waals surface area contributed by atoms with Crippen molar-refractivity contribution in [3.05, 3.63) is 53.6 Å². The molecular weight excluding hydrogens is 280 g/mol.